The Morgan fingerprint density at radius 1 is 1.11 bits per heavy atom. The molecule has 0 spiro atoms. The summed E-state index contributed by atoms with van der Waals surface area (Å²) in [6.45, 7) is 7.72. The summed E-state index contributed by atoms with van der Waals surface area (Å²) in [6, 6.07) is 6.15. The maximum atomic E-state index is 6.35. The Morgan fingerprint density at radius 3 is 2.32 bits per heavy atom. The molecule has 0 radical (unpaired) electrons. The fourth-order valence-corrected chi connectivity index (χ4v) is 2.92. The Hall–Kier alpha value is -0.240. The molecule has 0 aliphatic heterocycles. The highest BCUT2D eigenvalue weighted by Crippen LogP contribution is 2.31. The van der Waals surface area contributed by atoms with Gasteiger partial charge in [-0.3, -0.25) is 0 Å². The van der Waals surface area contributed by atoms with Gasteiger partial charge in [0.25, 0.3) is 0 Å². The Bertz CT molecular complexity index is 375. The van der Waals surface area contributed by atoms with Gasteiger partial charge >= 0.3 is 0 Å². The first kappa shape index (κ1) is 16.8. The highest BCUT2D eigenvalue weighted by atomic mass is 35.5. The van der Waals surface area contributed by atoms with Crippen molar-refractivity contribution in [1.82, 2.24) is 5.32 Å². The van der Waals surface area contributed by atoms with E-state index in [1.54, 1.807) is 0 Å². The fraction of sp³-hybridized carbons (Fsp3) is 0.625. The summed E-state index contributed by atoms with van der Waals surface area (Å²) in [5.74, 6) is 0.737. The number of halogens is 2. The highest BCUT2D eigenvalue weighted by Gasteiger charge is 2.18. The van der Waals surface area contributed by atoms with Crippen LogP contribution in [-0.4, -0.2) is 6.54 Å². The van der Waals surface area contributed by atoms with Crippen LogP contribution in [0.5, 0.6) is 0 Å². The third kappa shape index (κ3) is 5.33. The van der Waals surface area contributed by atoms with Gasteiger partial charge in [-0.25, -0.2) is 0 Å². The molecule has 0 amide bonds. The first-order chi connectivity index (χ1) is 9.12. The molecule has 3 heteroatoms. The number of rotatable bonds is 8. The lowest BCUT2D eigenvalue weighted by Gasteiger charge is -2.24. The van der Waals surface area contributed by atoms with Crippen molar-refractivity contribution in [2.75, 3.05) is 6.54 Å². The number of nitrogens with one attached hydrogen (secondary N) is 1. The molecule has 0 saturated carbocycles. The molecule has 1 unspecified atom stereocenters. The Morgan fingerprint density at radius 2 is 1.79 bits per heavy atom. The van der Waals surface area contributed by atoms with Crippen LogP contribution in [0.1, 0.15) is 58.1 Å². The van der Waals surface area contributed by atoms with Gasteiger partial charge in [0.2, 0.25) is 0 Å². The largest absolute Gasteiger partial charge is 0.310 e. The van der Waals surface area contributed by atoms with Crippen molar-refractivity contribution in [2.24, 2.45) is 5.92 Å². The molecule has 0 aliphatic carbocycles. The van der Waals surface area contributed by atoms with Crippen molar-refractivity contribution in [3.05, 3.63) is 33.8 Å². The summed E-state index contributed by atoms with van der Waals surface area (Å²) < 4.78 is 0. The van der Waals surface area contributed by atoms with Crippen molar-refractivity contribution in [3.8, 4) is 0 Å². The monoisotopic (exact) mass is 301 g/mol. The highest BCUT2D eigenvalue weighted by molar-refractivity contribution is 6.35. The van der Waals surface area contributed by atoms with Crippen molar-refractivity contribution < 1.29 is 0 Å². The van der Waals surface area contributed by atoms with Crippen LogP contribution in [0.15, 0.2) is 18.2 Å². The van der Waals surface area contributed by atoms with E-state index < -0.39 is 0 Å². The average Bonchev–Trinajstić information content (AvgIpc) is 2.40. The molecular weight excluding hydrogens is 277 g/mol. The first-order valence-electron chi connectivity index (χ1n) is 7.30. The average molecular weight is 302 g/mol. The molecule has 0 aromatic heterocycles. The van der Waals surface area contributed by atoms with Crippen LogP contribution in [0.3, 0.4) is 0 Å². The molecule has 1 rings (SSSR count). The Kier molecular flexibility index (Phi) is 7.82. The SMILES string of the molecule is CCCNC(CC(CC)CC)c1ccc(Cl)cc1Cl. The van der Waals surface area contributed by atoms with E-state index in [1.165, 1.54) is 18.4 Å². The molecule has 19 heavy (non-hydrogen) atoms. The predicted octanol–water partition coefficient (Wildman–Crippen LogP) is 5.86. The molecule has 108 valence electrons. The van der Waals surface area contributed by atoms with Crippen LogP contribution in [0.2, 0.25) is 10.0 Å². The third-order valence-corrected chi connectivity index (χ3v) is 4.26. The minimum absolute atomic E-state index is 0.328. The maximum absolute atomic E-state index is 6.35. The number of hydrogen-bond acceptors (Lipinski definition) is 1. The second-order valence-electron chi connectivity index (χ2n) is 5.09. The quantitative estimate of drug-likeness (QED) is 0.634. The van der Waals surface area contributed by atoms with Gasteiger partial charge in [0.05, 0.1) is 0 Å². The maximum Gasteiger partial charge on any atom is 0.0468 e. The molecule has 0 aliphatic rings. The summed E-state index contributed by atoms with van der Waals surface area (Å²) in [7, 11) is 0. The van der Waals surface area contributed by atoms with E-state index in [1.807, 2.05) is 12.1 Å². The summed E-state index contributed by atoms with van der Waals surface area (Å²) in [4.78, 5) is 0. The van der Waals surface area contributed by atoms with Gasteiger partial charge in [-0.15, -0.1) is 0 Å². The van der Waals surface area contributed by atoms with Crippen LogP contribution in [0.25, 0.3) is 0 Å². The zero-order valence-electron chi connectivity index (χ0n) is 12.2. The Labute approximate surface area is 127 Å². The molecule has 0 saturated heterocycles. The minimum Gasteiger partial charge on any atom is -0.310 e. The van der Waals surface area contributed by atoms with Crippen LogP contribution >= 0.6 is 23.2 Å². The van der Waals surface area contributed by atoms with Crippen LogP contribution in [0.4, 0.5) is 0 Å². The van der Waals surface area contributed by atoms with E-state index in [2.05, 4.69) is 32.2 Å². The molecular formula is C16H25Cl2N. The van der Waals surface area contributed by atoms with E-state index >= 15 is 0 Å². The lowest BCUT2D eigenvalue weighted by Crippen LogP contribution is -2.24. The third-order valence-electron chi connectivity index (χ3n) is 3.70. The van der Waals surface area contributed by atoms with Gasteiger partial charge in [-0.2, -0.15) is 0 Å². The second kappa shape index (κ2) is 8.84. The van der Waals surface area contributed by atoms with Crippen molar-refractivity contribution in [3.63, 3.8) is 0 Å². The number of benzene rings is 1. The molecule has 0 fully saturated rings. The summed E-state index contributed by atoms with van der Waals surface area (Å²) in [6.07, 6.45) is 4.69. The molecule has 1 aromatic rings. The topological polar surface area (TPSA) is 12.0 Å². The van der Waals surface area contributed by atoms with Crippen LogP contribution in [0, 0.1) is 5.92 Å². The lowest BCUT2D eigenvalue weighted by molar-refractivity contribution is 0.371. The van der Waals surface area contributed by atoms with Gasteiger partial charge in [-0.05, 0) is 43.0 Å². The molecule has 1 aromatic carbocycles. The van der Waals surface area contributed by atoms with Crippen molar-refractivity contribution in [2.45, 2.75) is 52.5 Å². The lowest BCUT2D eigenvalue weighted by atomic mass is 9.91. The van der Waals surface area contributed by atoms with E-state index in [-0.39, 0.29) is 0 Å². The summed E-state index contributed by atoms with van der Waals surface area (Å²) >= 11 is 12.3. The van der Waals surface area contributed by atoms with Gasteiger partial charge in [0, 0.05) is 16.1 Å². The molecule has 0 heterocycles. The first-order valence-corrected chi connectivity index (χ1v) is 8.06. The van der Waals surface area contributed by atoms with Gasteiger partial charge in [-0.1, -0.05) is 62.9 Å². The Balaban J connectivity index is 2.88. The van der Waals surface area contributed by atoms with Gasteiger partial charge in [0.15, 0.2) is 0 Å². The standard InChI is InChI=1S/C16H25Cl2N/c1-4-9-19-16(10-12(5-2)6-3)14-8-7-13(17)11-15(14)18/h7-8,11-12,16,19H,4-6,9-10H2,1-3H3. The normalized spacial score (nSPS) is 12.9. The fourth-order valence-electron chi connectivity index (χ4n) is 2.38. The van der Waals surface area contributed by atoms with Crippen molar-refractivity contribution in [1.29, 1.82) is 0 Å². The zero-order chi connectivity index (χ0) is 14.3. The van der Waals surface area contributed by atoms with Gasteiger partial charge in [0.1, 0.15) is 0 Å². The molecule has 0 bridgehead atoms. The molecule has 1 nitrogen and oxygen atoms in total. The van der Waals surface area contributed by atoms with Crippen LogP contribution in [-0.2, 0) is 0 Å². The zero-order valence-corrected chi connectivity index (χ0v) is 13.7. The summed E-state index contributed by atoms with van der Waals surface area (Å²) in [5.41, 5.74) is 1.17. The smallest absolute Gasteiger partial charge is 0.0468 e. The van der Waals surface area contributed by atoms with Crippen LogP contribution < -0.4 is 5.32 Å². The van der Waals surface area contributed by atoms with E-state index in [4.69, 9.17) is 23.2 Å². The minimum atomic E-state index is 0.328. The van der Waals surface area contributed by atoms with Gasteiger partial charge < -0.3 is 5.32 Å². The van der Waals surface area contributed by atoms with E-state index in [0.717, 1.165) is 30.3 Å². The molecule has 1 N–H and O–H groups in total. The number of hydrogen-bond donors (Lipinski definition) is 1. The summed E-state index contributed by atoms with van der Waals surface area (Å²) in [5, 5.41) is 5.09. The molecule has 1 atom stereocenters. The van der Waals surface area contributed by atoms with E-state index in [0.29, 0.717) is 11.1 Å². The predicted molar refractivity (Wildman–Crippen MR) is 86.2 cm³/mol. The van der Waals surface area contributed by atoms with Crippen molar-refractivity contribution >= 4 is 23.2 Å². The second-order valence-corrected chi connectivity index (χ2v) is 5.93. The van der Waals surface area contributed by atoms with E-state index in [9.17, 15) is 0 Å².